The molecule has 0 aromatic heterocycles. The van der Waals surface area contributed by atoms with Crippen LogP contribution in [0.5, 0.6) is 0 Å². The summed E-state index contributed by atoms with van der Waals surface area (Å²) in [5.41, 5.74) is 2.46. The molecule has 0 atom stereocenters. The van der Waals surface area contributed by atoms with E-state index in [1.54, 1.807) is 31.3 Å². The molecule has 2 aromatic carbocycles. The first kappa shape index (κ1) is 15.2. The van der Waals surface area contributed by atoms with Crippen LogP contribution in [0.1, 0.15) is 21.5 Å². The molecule has 4 heteroatoms. The molecular formula is C17H19FN2O. The molecule has 0 bridgehead atoms. The zero-order valence-corrected chi connectivity index (χ0v) is 12.0. The zero-order valence-electron chi connectivity index (χ0n) is 12.0. The van der Waals surface area contributed by atoms with Gasteiger partial charge < -0.3 is 10.6 Å². The van der Waals surface area contributed by atoms with Crippen molar-refractivity contribution in [3.05, 3.63) is 71.0 Å². The van der Waals surface area contributed by atoms with E-state index >= 15 is 0 Å². The van der Waals surface area contributed by atoms with Crippen molar-refractivity contribution in [3.63, 3.8) is 0 Å². The molecule has 0 aliphatic carbocycles. The van der Waals surface area contributed by atoms with Crippen molar-refractivity contribution >= 4 is 5.91 Å². The summed E-state index contributed by atoms with van der Waals surface area (Å²) in [6.45, 7) is 1.40. The summed E-state index contributed by atoms with van der Waals surface area (Å²) in [5, 5.41) is 5.86. The minimum atomic E-state index is -0.158. The van der Waals surface area contributed by atoms with Crippen LogP contribution in [0.25, 0.3) is 0 Å². The molecule has 0 spiro atoms. The third-order valence-corrected chi connectivity index (χ3v) is 3.30. The number of benzene rings is 2. The van der Waals surface area contributed by atoms with Crippen LogP contribution in [0, 0.1) is 5.82 Å². The SMILES string of the molecule is CNC(=O)c1ccc(CNCCc2ccccc2F)cc1. The van der Waals surface area contributed by atoms with E-state index in [9.17, 15) is 9.18 Å². The Kier molecular flexibility index (Phi) is 5.46. The van der Waals surface area contributed by atoms with Gasteiger partial charge in [-0.15, -0.1) is 0 Å². The molecule has 0 saturated heterocycles. The van der Waals surface area contributed by atoms with E-state index in [1.165, 1.54) is 6.07 Å². The predicted octanol–water partition coefficient (Wildman–Crippen LogP) is 2.52. The Morgan fingerprint density at radius 3 is 2.48 bits per heavy atom. The van der Waals surface area contributed by atoms with E-state index < -0.39 is 0 Å². The second kappa shape index (κ2) is 7.55. The van der Waals surface area contributed by atoms with E-state index in [0.717, 1.165) is 11.1 Å². The maximum atomic E-state index is 13.4. The van der Waals surface area contributed by atoms with Crippen LogP contribution in [0.15, 0.2) is 48.5 Å². The monoisotopic (exact) mass is 286 g/mol. The Bertz CT molecular complexity index is 596. The average Bonchev–Trinajstić information content (AvgIpc) is 2.53. The molecule has 21 heavy (non-hydrogen) atoms. The van der Waals surface area contributed by atoms with Crippen molar-refractivity contribution in [2.75, 3.05) is 13.6 Å². The van der Waals surface area contributed by atoms with Crippen LogP contribution in [-0.4, -0.2) is 19.5 Å². The molecule has 2 N–H and O–H groups in total. The Hall–Kier alpha value is -2.20. The lowest BCUT2D eigenvalue weighted by Crippen LogP contribution is -2.19. The highest BCUT2D eigenvalue weighted by atomic mass is 19.1. The van der Waals surface area contributed by atoms with Gasteiger partial charge in [-0.2, -0.15) is 0 Å². The van der Waals surface area contributed by atoms with Gasteiger partial charge in [0, 0.05) is 19.2 Å². The highest BCUT2D eigenvalue weighted by Gasteiger charge is 2.02. The van der Waals surface area contributed by atoms with Crippen molar-refractivity contribution in [3.8, 4) is 0 Å². The van der Waals surface area contributed by atoms with Crippen molar-refractivity contribution in [1.29, 1.82) is 0 Å². The fourth-order valence-corrected chi connectivity index (χ4v) is 2.08. The minimum Gasteiger partial charge on any atom is -0.355 e. The largest absolute Gasteiger partial charge is 0.355 e. The lowest BCUT2D eigenvalue weighted by molar-refractivity contribution is 0.0963. The third-order valence-electron chi connectivity index (χ3n) is 3.30. The van der Waals surface area contributed by atoms with Gasteiger partial charge >= 0.3 is 0 Å². The van der Waals surface area contributed by atoms with E-state index in [0.29, 0.717) is 25.1 Å². The average molecular weight is 286 g/mol. The first-order chi connectivity index (χ1) is 10.2. The minimum absolute atomic E-state index is 0.0888. The summed E-state index contributed by atoms with van der Waals surface area (Å²) < 4.78 is 13.4. The highest BCUT2D eigenvalue weighted by Crippen LogP contribution is 2.07. The number of rotatable bonds is 6. The summed E-state index contributed by atoms with van der Waals surface area (Å²) in [5.74, 6) is -0.247. The van der Waals surface area contributed by atoms with Gasteiger partial charge in [-0.25, -0.2) is 4.39 Å². The normalized spacial score (nSPS) is 10.4. The van der Waals surface area contributed by atoms with Gasteiger partial charge in [-0.3, -0.25) is 4.79 Å². The second-order valence-corrected chi connectivity index (χ2v) is 4.79. The topological polar surface area (TPSA) is 41.1 Å². The van der Waals surface area contributed by atoms with Gasteiger partial charge in [0.05, 0.1) is 0 Å². The first-order valence-electron chi connectivity index (χ1n) is 6.96. The molecule has 0 unspecified atom stereocenters. The Balaban J connectivity index is 1.79. The number of carbonyl (C=O) groups excluding carboxylic acids is 1. The molecule has 0 radical (unpaired) electrons. The van der Waals surface area contributed by atoms with Crippen LogP contribution in [0.3, 0.4) is 0 Å². The highest BCUT2D eigenvalue weighted by molar-refractivity contribution is 5.93. The van der Waals surface area contributed by atoms with Crippen molar-refractivity contribution in [1.82, 2.24) is 10.6 Å². The standard InChI is InChI=1S/C17H19FN2O/c1-19-17(21)15-8-6-13(7-9-15)12-20-11-10-14-4-2-3-5-16(14)18/h2-9,20H,10-12H2,1H3,(H,19,21). The van der Waals surface area contributed by atoms with Gasteiger partial charge in [-0.05, 0) is 42.3 Å². The smallest absolute Gasteiger partial charge is 0.251 e. The van der Waals surface area contributed by atoms with Crippen LogP contribution >= 0.6 is 0 Å². The maximum absolute atomic E-state index is 13.4. The molecule has 0 aliphatic rings. The van der Waals surface area contributed by atoms with Crippen LogP contribution in [0.2, 0.25) is 0 Å². The van der Waals surface area contributed by atoms with Gasteiger partial charge in [-0.1, -0.05) is 30.3 Å². The van der Waals surface area contributed by atoms with E-state index in [2.05, 4.69) is 10.6 Å². The Labute approximate surface area is 124 Å². The molecular weight excluding hydrogens is 267 g/mol. The summed E-state index contributed by atoms with van der Waals surface area (Å²) in [6, 6.07) is 14.2. The number of amides is 1. The van der Waals surface area contributed by atoms with E-state index in [4.69, 9.17) is 0 Å². The summed E-state index contributed by atoms with van der Waals surface area (Å²) in [6.07, 6.45) is 0.656. The molecule has 110 valence electrons. The number of carbonyl (C=O) groups is 1. The molecule has 2 rings (SSSR count). The number of hydrogen-bond donors (Lipinski definition) is 2. The third kappa shape index (κ3) is 4.39. The Morgan fingerprint density at radius 1 is 1.10 bits per heavy atom. The summed E-state index contributed by atoms with van der Waals surface area (Å²) >= 11 is 0. The maximum Gasteiger partial charge on any atom is 0.251 e. The van der Waals surface area contributed by atoms with Gasteiger partial charge in [0.15, 0.2) is 0 Å². The summed E-state index contributed by atoms with van der Waals surface area (Å²) in [7, 11) is 1.61. The molecule has 1 amide bonds. The van der Waals surface area contributed by atoms with E-state index in [1.807, 2.05) is 18.2 Å². The first-order valence-corrected chi connectivity index (χ1v) is 6.96. The lowest BCUT2D eigenvalue weighted by Gasteiger charge is -2.07. The summed E-state index contributed by atoms with van der Waals surface area (Å²) in [4.78, 5) is 11.4. The van der Waals surface area contributed by atoms with Crippen molar-refractivity contribution < 1.29 is 9.18 Å². The number of hydrogen-bond acceptors (Lipinski definition) is 2. The molecule has 3 nitrogen and oxygen atoms in total. The quantitative estimate of drug-likeness (QED) is 0.801. The molecule has 2 aromatic rings. The number of halogens is 1. The molecule has 0 heterocycles. The van der Waals surface area contributed by atoms with Crippen LogP contribution in [-0.2, 0) is 13.0 Å². The molecule has 0 fully saturated rings. The van der Waals surface area contributed by atoms with Gasteiger partial charge in [0.2, 0.25) is 0 Å². The van der Waals surface area contributed by atoms with Crippen LogP contribution < -0.4 is 10.6 Å². The second-order valence-electron chi connectivity index (χ2n) is 4.79. The lowest BCUT2D eigenvalue weighted by atomic mass is 10.1. The predicted molar refractivity (Wildman–Crippen MR) is 81.6 cm³/mol. The fraction of sp³-hybridized carbons (Fsp3) is 0.235. The fourth-order valence-electron chi connectivity index (χ4n) is 2.08. The zero-order chi connectivity index (χ0) is 15.1. The van der Waals surface area contributed by atoms with Crippen molar-refractivity contribution in [2.45, 2.75) is 13.0 Å². The van der Waals surface area contributed by atoms with Gasteiger partial charge in [0.1, 0.15) is 5.82 Å². The number of nitrogens with one attached hydrogen (secondary N) is 2. The van der Waals surface area contributed by atoms with Crippen LogP contribution in [0.4, 0.5) is 4.39 Å². The van der Waals surface area contributed by atoms with Crippen molar-refractivity contribution in [2.24, 2.45) is 0 Å². The Morgan fingerprint density at radius 2 is 1.81 bits per heavy atom. The van der Waals surface area contributed by atoms with E-state index in [-0.39, 0.29) is 11.7 Å². The molecule has 0 saturated carbocycles. The van der Waals surface area contributed by atoms with Gasteiger partial charge in [0.25, 0.3) is 5.91 Å². The molecule has 0 aliphatic heterocycles.